The lowest BCUT2D eigenvalue weighted by Gasteiger charge is -2.21. The van der Waals surface area contributed by atoms with E-state index in [0.717, 1.165) is 25.8 Å². The van der Waals surface area contributed by atoms with Crippen molar-refractivity contribution in [1.82, 2.24) is 15.5 Å². The Morgan fingerprint density at radius 3 is 2.40 bits per heavy atom. The summed E-state index contributed by atoms with van der Waals surface area (Å²) in [6.07, 6.45) is 3.01. The van der Waals surface area contributed by atoms with Crippen molar-refractivity contribution in [3.8, 4) is 0 Å². The molecule has 0 unspecified atom stereocenters. The molecule has 0 aromatic heterocycles. The number of carboxylic acid groups (broad SMARTS) is 1. The molecule has 0 rings (SSSR count). The van der Waals surface area contributed by atoms with Gasteiger partial charge < -0.3 is 20.6 Å². The van der Waals surface area contributed by atoms with E-state index in [9.17, 15) is 9.59 Å². The molecule has 0 bridgehead atoms. The average molecular weight is 287 g/mol. The molecule has 0 fully saturated rings. The maximum atomic E-state index is 11.6. The van der Waals surface area contributed by atoms with Crippen LogP contribution in [-0.4, -0.2) is 54.2 Å². The zero-order valence-electron chi connectivity index (χ0n) is 13.1. The van der Waals surface area contributed by atoms with Gasteiger partial charge in [-0.1, -0.05) is 19.8 Å². The van der Waals surface area contributed by atoms with Crippen molar-refractivity contribution in [2.45, 2.75) is 58.5 Å². The number of hydrogen-bond donors (Lipinski definition) is 3. The lowest BCUT2D eigenvalue weighted by atomic mass is 10.1. The van der Waals surface area contributed by atoms with Crippen LogP contribution in [0.4, 0.5) is 4.79 Å². The first-order chi connectivity index (χ1) is 9.38. The quantitative estimate of drug-likeness (QED) is 0.534. The summed E-state index contributed by atoms with van der Waals surface area (Å²) < 4.78 is 0. The number of carbonyl (C=O) groups is 2. The second kappa shape index (κ2) is 10.5. The number of amides is 2. The highest BCUT2D eigenvalue weighted by atomic mass is 16.4. The lowest BCUT2D eigenvalue weighted by molar-refractivity contribution is -0.139. The maximum Gasteiger partial charge on any atom is 0.326 e. The average Bonchev–Trinajstić information content (AvgIpc) is 2.38. The first-order valence-electron chi connectivity index (χ1n) is 7.35. The lowest BCUT2D eigenvalue weighted by Crippen LogP contribution is -2.46. The smallest absolute Gasteiger partial charge is 0.326 e. The zero-order valence-corrected chi connectivity index (χ0v) is 13.1. The van der Waals surface area contributed by atoms with Crippen LogP contribution < -0.4 is 10.6 Å². The Kier molecular flexibility index (Phi) is 9.80. The molecule has 118 valence electrons. The van der Waals surface area contributed by atoms with Gasteiger partial charge >= 0.3 is 12.0 Å². The minimum atomic E-state index is -0.979. The van der Waals surface area contributed by atoms with Crippen molar-refractivity contribution in [3.05, 3.63) is 0 Å². The van der Waals surface area contributed by atoms with Crippen molar-refractivity contribution < 1.29 is 14.7 Å². The van der Waals surface area contributed by atoms with Crippen molar-refractivity contribution in [2.75, 3.05) is 20.1 Å². The molecule has 0 heterocycles. The number of nitrogens with zero attached hydrogens (tertiary/aromatic N) is 1. The molecule has 0 aromatic rings. The molecule has 1 atom stereocenters. The van der Waals surface area contributed by atoms with E-state index in [2.05, 4.69) is 29.4 Å². The third-order valence-corrected chi connectivity index (χ3v) is 3.30. The highest BCUT2D eigenvalue weighted by Crippen LogP contribution is 2.00. The summed E-state index contributed by atoms with van der Waals surface area (Å²) in [6, 6.07) is -0.719. The van der Waals surface area contributed by atoms with Crippen LogP contribution in [0.5, 0.6) is 0 Å². The summed E-state index contributed by atoms with van der Waals surface area (Å²) in [5, 5.41) is 14.2. The van der Waals surface area contributed by atoms with E-state index in [1.807, 2.05) is 14.0 Å². The fraction of sp³-hybridized carbons (Fsp3) is 0.857. The molecule has 2 amide bonds. The van der Waals surface area contributed by atoms with Crippen LogP contribution in [0.15, 0.2) is 0 Å². The predicted octanol–water partition coefficient (Wildman–Crippen LogP) is 1.66. The number of nitrogens with one attached hydrogen (secondary N) is 2. The van der Waals surface area contributed by atoms with Crippen LogP contribution in [0.3, 0.4) is 0 Å². The first-order valence-corrected chi connectivity index (χ1v) is 7.35. The van der Waals surface area contributed by atoms with E-state index in [4.69, 9.17) is 5.11 Å². The normalized spacial score (nSPS) is 12.5. The van der Waals surface area contributed by atoms with Crippen molar-refractivity contribution >= 4 is 12.0 Å². The van der Waals surface area contributed by atoms with Gasteiger partial charge in [-0.3, -0.25) is 0 Å². The van der Waals surface area contributed by atoms with Crippen LogP contribution in [0.25, 0.3) is 0 Å². The van der Waals surface area contributed by atoms with Gasteiger partial charge in [-0.2, -0.15) is 0 Å². The van der Waals surface area contributed by atoms with Crippen LogP contribution >= 0.6 is 0 Å². The summed E-state index contributed by atoms with van der Waals surface area (Å²) in [4.78, 5) is 24.8. The Bertz CT molecular complexity index is 295. The van der Waals surface area contributed by atoms with Crippen LogP contribution in [0.2, 0.25) is 0 Å². The van der Waals surface area contributed by atoms with Gasteiger partial charge in [-0.05, 0) is 40.3 Å². The standard InChI is InChI=1S/C14H29N3O3/c1-5-6-8-12(13(18)19)16-14(20)15-9-7-10-17(4)11(2)3/h11-12H,5-10H2,1-4H3,(H,18,19)(H2,15,16,20)/t12-/m0/s1. The summed E-state index contributed by atoms with van der Waals surface area (Å²) >= 11 is 0. The number of unbranched alkanes of at least 4 members (excludes halogenated alkanes) is 1. The molecule has 0 spiro atoms. The van der Waals surface area contributed by atoms with Crippen molar-refractivity contribution in [3.63, 3.8) is 0 Å². The Morgan fingerprint density at radius 1 is 1.25 bits per heavy atom. The minimum Gasteiger partial charge on any atom is -0.480 e. The fourth-order valence-electron chi connectivity index (χ4n) is 1.66. The number of carbonyl (C=O) groups excluding carboxylic acids is 1. The van der Waals surface area contributed by atoms with Gasteiger partial charge in [-0.15, -0.1) is 0 Å². The molecule has 0 aliphatic carbocycles. The third-order valence-electron chi connectivity index (χ3n) is 3.30. The molecule has 20 heavy (non-hydrogen) atoms. The molecule has 0 saturated carbocycles. The molecule has 6 nitrogen and oxygen atoms in total. The highest BCUT2D eigenvalue weighted by molar-refractivity contribution is 5.82. The summed E-state index contributed by atoms with van der Waals surface area (Å²) in [5.41, 5.74) is 0. The summed E-state index contributed by atoms with van der Waals surface area (Å²) in [5.74, 6) is -0.979. The van der Waals surface area contributed by atoms with Crippen molar-refractivity contribution in [2.24, 2.45) is 0 Å². The zero-order chi connectivity index (χ0) is 15.5. The molecule has 6 heteroatoms. The van der Waals surface area contributed by atoms with E-state index in [1.165, 1.54) is 0 Å². The van der Waals surface area contributed by atoms with E-state index in [-0.39, 0.29) is 0 Å². The Morgan fingerprint density at radius 2 is 1.90 bits per heavy atom. The molecule has 0 saturated heterocycles. The Balaban J connectivity index is 3.88. The first kappa shape index (κ1) is 18.7. The minimum absolute atomic E-state index is 0.402. The fourth-order valence-corrected chi connectivity index (χ4v) is 1.66. The largest absolute Gasteiger partial charge is 0.480 e. The van der Waals surface area contributed by atoms with Gasteiger partial charge in [0.25, 0.3) is 0 Å². The SMILES string of the molecule is CCCC[C@H](NC(=O)NCCCN(C)C(C)C)C(=O)O. The van der Waals surface area contributed by atoms with Gasteiger partial charge in [-0.25, -0.2) is 9.59 Å². The van der Waals surface area contributed by atoms with Gasteiger partial charge in [0.1, 0.15) is 6.04 Å². The molecule has 0 aromatic carbocycles. The summed E-state index contributed by atoms with van der Waals surface area (Å²) in [6.45, 7) is 7.67. The van der Waals surface area contributed by atoms with Gasteiger partial charge in [0, 0.05) is 12.6 Å². The number of carboxylic acids is 1. The highest BCUT2D eigenvalue weighted by Gasteiger charge is 2.18. The Labute approximate surface area is 121 Å². The molecular formula is C14H29N3O3. The van der Waals surface area contributed by atoms with Gasteiger partial charge in [0.2, 0.25) is 0 Å². The van der Waals surface area contributed by atoms with E-state index >= 15 is 0 Å². The Hall–Kier alpha value is -1.30. The van der Waals surface area contributed by atoms with Crippen LogP contribution in [-0.2, 0) is 4.79 Å². The number of rotatable bonds is 10. The number of urea groups is 1. The molecule has 0 radical (unpaired) electrons. The summed E-state index contributed by atoms with van der Waals surface area (Å²) in [7, 11) is 2.04. The van der Waals surface area contributed by atoms with E-state index < -0.39 is 18.0 Å². The van der Waals surface area contributed by atoms with Crippen molar-refractivity contribution in [1.29, 1.82) is 0 Å². The van der Waals surface area contributed by atoms with E-state index in [0.29, 0.717) is 19.0 Å². The van der Waals surface area contributed by atoms with Gasteiger partial charge in [0.05, 0.1) is 0 Å². The number of aliphatic carboxylic acids is 1. The molecule has 0 aliphatic heterocycles. The monoisotopic (exact) mass is 287 g/mol. The third kappa shape index (κ3) is 8.74. The second-order valence-corrected chi connectivity index (χ2v) is 5.36. The second-order valence-electron chi connectivity index (χ2n) is 5.36. The predicted molar refractivity (Wildman–Crippen MR) is 79.9 cm³/mol. The topological polar surface area (TPSA) is 81.7 Å². The number of hydrogen-bond acceptors (Lipinski definition) is 3. The molecule has 3 N–H and O–H groups in total. The van der Waals surface area contributed by atoms with Gasteiger partial charge in [0.15, 0.2) is 0 Å². The van der Waals surface area contributed by atoms with Crippen LogP contribution in [0.1, 0.15) is 46.5 Å². The molecular weight excluding hydrogens is 258 g/mol. The molecule has 0 aliphatic rings. The van der Waals surface area contributed by atoms with Crippen LogP contribution in [0, 0.1) is 0 Å². The maximum absolute atomic E-state index is 11.6. The van der Waals surface area contributed by atoms with E-state index in [1.54, 1.807) is 0 Å².